The third-order valence-corrected chi connectivity index (χ3v) is 3.27. The van der Waals surface area contributed by atoms with Crippen LogP contribution in [-0.4, -0.2) is 24.8 Å². The van der Waals surface area contributed by atoms with Gasteiger partial charge in [0.05, 0.1) is 12.3 Å². The highest BCUT2D eigenvalue weighted by atomic mass is 16.5. The van der Waals surface area contributed by atoms with E-state index in [0.717, 1.165) is 17.7 Å². The van der Waals surface area contributed by atoms with Crippen LogP contribution >= 0.6 is 0 Å². The lowest BCUT2D eigenvalue weighted by molar-refractivity contribution is -0.123. The number of hydrogen-bond donors (Lipinski definition) is 1. The molecule has 0 heterocycles. The highest BCUT2D eigenvalue weighted by molar-refractivity contribution is 6.00. The van der Waals surface area contributed by atoms with Gasteiger partial charge in [0.15, 0.2) is 18.1 Å². The van der Waals surface area contributed by atoms with Crippen LogP contribution in [0.5, 0.6) is 11.5 Å². The Labute approximate surface area is 142 Å². The number of amides is 1. The van der Waals surface area contributed by atoms with Crippen molar-refractivity contribution in [2.75, 3.05) is 13.2 Å². The second-order valence-corrected chi connectivity index (χ2v) is 4.98. The number of nitrogens with one attached hydrogen (secondary N) is 1. The standard InChI is InChI=1S/C19H22N2O3/c1-3-16(15-10-6-5-7-11-15)20-21-19(22)14-24-18-13-9-8-12-17(18)23-4-2/h5-13H,3-4,14H2,1-2H3,(H,21,22)/b20-16-. The number of nitrogens with zero attached hydrogens (tertiary/aromatic N) is 1. The van der Waals surface area contributed by atoms with Crippen molar-refractivity contribution in [2.45, 2.75) is 20.3 Å². The topological polar surface area (TPSA) is 59.9 Å². The Morgan fingerprint density at radius 2 is 1.58 bits per heavy atom. The van der Waals surface area contributed by atoms with Crippen LogP contribution in [0.3, 0.4) is 0 Å². The summed E-state index contributed by atoms with van der Waals surface area (Å²) in [4.78, 5) is 12.0. The molecule has 2 aromatic carbocycles. The van der Waals surface area contributed by atoms with E-state index in [9.17, 15) is 4.79 Å². The zero-order valence-electron chi connectivity index (χ0n) is 14.0. The lowest BCUT2D eigenvalue weighted by Gasteiger charge is -2.11. The van der Waals surface area contributed by atoms with Gasteiger partial charge in [0.1, 0.15) is 0 Å². The van der Waals surface area contributed by atoms with Crippen LogP contribution in [0.1, 0.15) is 25.8 Å². The Morgan fingerprint density at radius 3 is 2.21 bits per heavy atom. The summed E-state index contributed by atoms with van der Waals surface area (Å²) in [7, 11) is 0. The van der Waals surface area contributed by atoms with E-state index in [4.69, 9.17) is 9.47 Å². The van der Waals surface area contributed by atoms with Crippen molar-refractivity contribution in [1.82, 2.24) is 5.43 Å². The molecule has 2 rings (SSSR count). The van der Waals surface area contributed by atoms with E-state index >= 15 is 0 Å². The third kappa shape index (κ3) is 5.12. The minimum Gasteiger partial charge on any atom is -0.490 e. The fourth-order valence-corrected chi connectivity index (χ4v) is 2.13. The number of carbonyl (C=O) groups is 1. The predicted molar refractivity (Wildman–Crippen MR) is 94.5 cm³/mol. The Morgan fingerprint density at radius 1 is 0.958 bits per heavy atom. The zero-order chi connectivity index (χ0) is 17.2. The molecular weight excluding hydrogens is 304 g/mol. The van der Waals surface area contributed by atoms with Crippen LogP contribution in [0.4, 0.5) is 0 Å². The number of rotatable bonds is 8. The van der Waals surface area contributed by atoms with E-state index < -0.39 is 0 Å². The molecule has 1 amide bonds. The molecule has 126 valence electrons. The molecule has 5 heteroatoms. The highest BCUT2D eigenvalue weighted by Crippen LogP contribution is 2.26. The van der Waals surface area contributed by atoms with Crippen molar-refractivity contribution in [1.29, 1.82) is 0 Å². The van der Waals surface area contributed by atoms with E-state index in [1.807, 2.05) is 56.3 Å². The Hall–Kier alpha value is -2.82. The Balaban J connectivity index is 1.93. The predicted octanol–water partition coefficient (Wildman–Crippen LogP) is 3.39. The third-order valence-electron chi connectivity index (χ3n) is 3.27. The molecule has 0 spiro atoms. The molecule has 0 unspecified atom stereocenters. The van der Waals surface area contributed by atoms with Gasteiger partial charge in [-0.3, -0.25) is 4.79 Å². The minimum absolute atomic E-state index is 0.126. The maximum atomic E-state index is 12.0. The molecule has 0 aliphatic carbocycles. The van der Waals surface area contributed by atoms with E-state index in [0.29, 0.717) is 18.1 Å². The van der Waals surface area contributed by atoms with Gasteiger partial charge in [-0.05, 0) is 31.0 Å². The molecule has 5 nitrogen and oxygen atoms in total. The fourth-order valence-electron chi connectivity index (χ4n) is 2.13. The average molecular weight is 326 g/mol. The van der Waals surface area contributed by atoms with Gasteiger partial charge in [-0.2, -0.15) is 5.10 Å². The molecule has 0 radical (unpaired) electrons. The molecule has 1 N–H and O–H groups in total. The quantitative estimate of drug-likeness (QED) is 0.597. The molecule has 24 heavy (non-hydrogen) atoms. The maximum absolute atomic E-state index is 12.0. The molecule has 0 fully saturated rings. The van der Waals surface area contributed by atoms with Crippen LogP contribution in [0.25, 0.3) is 0 Å². The SMILES string of the molecule is CCOc1ccccc1OCC(=O)N/N=C(/CC)c1ccccc1. The molecule has 0 aromatic heterocycles. The van der Waals surface area contributed by atoms with E-state index in [2.05, 4.69) is 10.5 Å². The summed E-state index contributed by atoms with van der Waals surface area (Å²) in [6.45, 7) is 4.30. The molecule has 0 atom stereocenters. The number of para-hydroxylation sites is 2. The smallest absolute Gasteiger partial charge is 0.277 e. The number of hydrazone groups is 1. The van der Waals surface area contributed by atoms with Crippen LogP contribution < -0.4 is 14.9 Å². The summed E-state index contributed by atoms with van der Waals surface area (Å²) in [5, 5.41) is 4.19. The van der Waals surface area contributed by atoms with Crippen molar-refractivity contribution in [3.63, 3.8) is 0 Å². The van der Waals surface area contributed by atoms with Gasteiger partial charge in [-0.25, -0.2) is 5.43 Å². The lowest BCUT2D eigenvalue weighted by Crippen LogP contribution is -2.26. The summed E-state index contributed by atoms with van der Waals surface area (Å²) < 4.78 is 11.0. The zero-order valence-corrected chi connectivity index (χ0v) is 14.0. The monoisotopic (exact) mass is 326 g/mol. The number of carbonyl (C=O) groups excluding carboxylic acids is 1. The lowest BCUT2D eigenvalue weighted by atomic mass is 10.1. The first kappa shape index (κ1) is 17.5. The minimum atomic E-state index is -0.316. The largest absolute Gasteiger partial charge is 0.490 e. The molecule has 2 aromatic rings. The first-order valence-corrected chi connectivity index (χ1v) is 8.00. The summed E-state index contributed by atoms with van der Waals surface area (Å²) in [5.74, 6) is 0.843. The fraction of sp³-hybridized carbons (Fsp3) is 0.263. The summed E-state index contributed by atoms with van der Waals surface area (Å²) >= 11 is 0. The first-order chi connectivity index (χ1) is 11.7. The number of ether oxygens (including phenoxy) is 2. The van der Waals surface area contributed by atoms with Gasteiger partial charge >= 0.3 is 0 Å². The van der Waals surface area contributed by atoms with Crippen molar-refractivity contribution >= 4 is 11.6 Å². The van der Waals surface area contributed by atoms with Gasteiger partial charge < -0.3 is 9.47 Å². The van der Waals surface area contributed by atoms with E-state index in [-0.39, 0.29) is 12.5 Å². The summed E-state index contributed by atoms with van der Waals surface area (Å²) in [6.07, 6.45) is 0.721. The normalized spacial score (nSPS) is 11.0. The highest BCUT2D eigenvalue weighted by Gasteiger charge is 2.07. The number of benzene rings is 2. The van der Waals surface area contributed by atoms with Crippen molar-refractivity contribution in [2.24, 2.45) is 5.10 Å². The summed E-state index contributed by atoms with van der Waals surface area (Å²) in [5.41, 5.74) is 4.34. The van der Waals surface area contributed by atoms with Crippen LogP contribution in [0.15, 0.2) is 59.7 Å². The van der Waals surface area contributed by atoms with Crippen LogP contribution in [-0.2, 0) is 4.79 Å². The van der Waals surface area contributed by atoms with Crippen molar-refractivity contribution in [3.8, 4) is 11.5 Å². The van der Waals surface area contributed by atoms with Crippen LogP contribution in [0, 0.1) is 0 Å². The molecule has 0 saturated heterocycles. The molecule has 0 aliphatic heterocycles. The van der Waals surface area contributed by atoms with Gasteiger partial charge in [-0.15, -0.1) is 0 Å². The van der Waals surface area contributed by atoms with Gasteiger partial charge in [0.2, 0.25) is 0 Å². The number of hydrogen-bond acceptors (Lipinski definition) is 4. The molecule has 0 bridgehead atoms. The first-order valence-electron chi connectivity index (χ1n) is 8.00. The van der Waals surface area contributed by atoms with Crippen LogP contribution in [0.2, 0.25) is 0 Å². The second-order valence-electron chi connectivity index (χ2n) is 4.98. The van der Waals surface area contributed by atoms with E-state index in [1.54, 1.807) is 12.1 Å². The average Bonchev–Trinajstić information content (AvgIpc) is 2.62. The molecule has 0 saturated carbocycles. The Bertz CT molecular complexity index is 684. The van der Waals surface area contributed by atoms with Gasteiger partial charge in [0.25, 0.3) is 5.91 Å². The van der Waals surface area contributed by atoms with E-state index in [1.165, 1.54) is 0 Å². The van der Waals surface area contributed by atoms with Gasteiger partial charge in [0, 0.05) is 0 Å². The van der Waals surface area contributed by atoms with Crippen molar-refractivity contribution < 1.29 is 14.3 Å². The molecular formula is C19H22N2O3. The summed E-state index contributed by atoms with van der Waals surface area (Å²) in [6, 6.07) is 17.0. The Kier molecular flexibility index (Phi) is 6.83. The van der Waals surface area contributed by atoms with Gasteiger partial charge in [-0.1, -0.05) is 49.4 Å². The maximum Gasteiger partial charge on any atom is 0.277 e. The van der Waals surface area contributed by atoms with Crippen molar-refractivity contribution in [3.05, 3.63) is 60.2 Å². The molecule has 0 aliphatic rings. The second kappa shape index (κ2) is 9.35.